The first-order valence-electron chi connectivity index (χ1n) is 7.05. The van der Waals surface area contributed by atoms with E-state index in [0.29, 0.717) is 10.6 Å². The van der Waals surface area contributed by atoms with Crippen LogP contribution in [0.5, 0.6) is 0 Å². The van der Waals surface area contributed by atoms with Crippen LogP contribution in [0.2, 0.25) is 0 Å². The van der Waals surface area contributed by atoms with Crippen LogP contribution in [0.15, 0.2) is 33.5 Å². The fraction of sp³-hybridized carbons (Fsp3) is 0.533. The van der Waals surface area contributed by atoms with Crippen LogP contribution in [0.25, 0.3) is 0 Å². The van der Waals surface area contributed by atoms with Crippen molar-refractivity contribution in [1.29, 1.82) is 0 Å². The molecule has 1 fully saturated rings. The number of nitrogens with zero attached hydrogens (tertiary/aromatic N) is 1. The van der Waals surface area contributed by atoms with Crippen molar-refractivity contribution in [3.05, 3.63) is 24.3 Å². The highest BCUT2D eigenvalue weighted by atomic mass is 32.2. The van der Waals surface area contributed by atoms with Crippen molar-refractivity contribution in [1.82, 2.24) is 0 Å². The summed E-state index contributed by atoms with van der Waals surface area (Å²) in [5.74, 6) is 0. The molecular formula is C15H22N2O3S. The highest BCUT2D eigenvalue weighted by Crippen LogP contribution is 2.33. The third-order valence-electron chi connectivity index (χ3n) is 3.33. The Labute approximate surface area is 126 Å². The largest absolute Gasteiger partial charge is 0.442 e. The molecule has 1 aromatic rings. The molecule has 0 aromatic heterocycles. The van der Waals surface area contributed by atoms with Gasteiger partial charge in [-0.3, -0.25) is 0 Å². The Hall–Kier alpha value is -1.56. The van der Waals surface area contributed by atoms with Gasteiger partial charge in [-0.2, -0.15) is 0 Å². The first-order chi connectivity index (χ1) is 9.71. The number of hydrogen-bond acceptors (Lipinski definition) is 4. The number of rotatable bonds is 2. The normalized spacial score (nSPS) is 18.4. The van der Waals surface area contributed by atoms with E-state index in [9.17, 15) is 9.00 Å². The summed E-state index contributed by atoms with van der Waals surface area (Å²) < 4.78 is 22.4. The highest BCUT2D eigenvalue weighted by molar-refractivity contribution is 7.94. The predicted molar refractivity (Wildman–Crippen MR) is 83.6 cm³/mol. The molecule has 1 aliphatic carbocycles. The molecule has 2 N–H and O–H groups in total. The van der Waals surface area contributed by atoms with E-state index >= 15 is 0 Å². The summed E-state index contributed by atoms with van der Waals surface area (Å²) in [7, 11) is -2.80. The van der Waals surface area contributed by atoms with Gasteiger partial charge in [0.05, 0.1) is 9.73 Å². The first kappa shape index (κ1) is 15.8. The van der Waals surface area contributed by atoms with Crippen molar-refractivity contribution in [3.8, 4) is 0 Å². The molecular weight excluding hydrogens is 288 g/mol. The van der Waals surface area contributed by atoms with E-state index in [1.807, 2.05) is 0 Å². The van der Waals surface area contributed by atoms with Crippen molar-refractivity contribution in [2.45, 2.75) is 55.8 Å². The zero-order chi connectivity index (χ0) is 15.7. The Morgan fingerprint density at radius 1 is 1.29 bits per heavy atom. The van der Waals surface area contributed by atoms with Crippen LogP contribution in [0, 0.1) is 0 Å². The van der Waals surface area contributed by atoms with Crippen molar-refractivity contribution >= 4 is 21.5 Å². The Morgan fingerprint density at radius 2 is 1.86 bits per heavy atom. The quantitative estimate of drug-likeness (QED) is 0.846. The second-order valence-corrected chi connectivity index (χ2v) is 8.72. The number of nitrogen functional groups attached to an aromatic ring is 1. The average Bonchev–Trinajstić information content (AvgIpc) is 2.23. The lowest BCUT2D eigenvalue weighted by atomic mass is 10.00. The molecule has 1 aromatic carbocycles. The van der Waals surface area contributed by atoms with E-state index in [1.165, 1.54) is 0 Å². The van der Waals surface area contributed by atoms with E-state index in [0.717, 1.165) is 19.3 Å². The molecule has 21 heavy (non-hydrogen) atoms. The third kappa shape index (κ3) is 3.75. The van der Waals surface area contributed by atoms with Crippen LogP contribution in [0.4, 0.5) is 10.5 Å². The number of carbonyl (C=O) groups excluding carboxylic acids is 1. The molecule has 1 saturated carbocycles. The maximum Gasteiger partial charge on any atom is 0.442 e. The van der Waals surface area contributed by atoms with E-state index < -0.39 is 21.4 Å². The summed E-state index contributed by atoms with van der Waals surface area (Å²) in [6, 6.07) is 6.73. The molecule has 116 valence electrons. The SMILES string of the molecule is CC(C)(C)OC(=O)N=S(=O)(c1ccc(N)cc1)C1CCC1. The zero-order valence-electron chi connectivity index (χ0n) is 12.7. The number of ether oxygens (including phenoxy) is 1. The van der Waals surface area contributed by atoms with Gasteiger partial charge >= 0.3 is 6.09 Å². The van der Waals surface area contributed by atoms with E-state index in [-0.39, 0.29) is 5.25 Å². The molecule has 1 unspecified atom stereocenters. The molecule has 1 atom stereocenters. The van der Waals surface area contributed by atoms with E-state index in [2.05, 4.69) is 4.36 Å². The van der Waals surface area contributed by atoms with Gasteiger partial charge in [0.15, 0.2) is 0 Å². The van der Waals surface area contributed by atoms with Gasteiger partial charge in [0.25, 0.3) is 0 Å². The van der Waals surface area contributed by atoms with Crippen LogP contribution in [-0.2, 0) is 14.5 Å². The fourth-order valence-electron chi connectivity index (χ4n) is 2.06. The van der Waals surface area contributed by atoms with Gasteiger partial charge in [0, 0.05) is 15.8 Å². The van der Waals surface area contributed by atoms with Crippen LogP contribution in [0.3, 0.4) is 0 Å². The van der Waals surface area contributed by atoms with Crippen LogP contribution >= 0.6 is 0 Å². The predicted octanol–water partition coefficient (Wildman–Crippen LogP) is 3.58. The number of amides is 1. The molecule has 0 radical (unpaired) electrons. The van der Waals surface area contributed by atoms with Gasteiger partial charge in [0.1, 0.15) is 5.60 Å². The van der Waals surface area contributed by atoms with Crippen molar-refractivity contribution in [2.75, 3.05) is 5.73 Å². The molecule has 0 bridgehead atoms. The van der Waals surface area contributed by atoms with Crippen molar-refractivity contribution in [2.24, 2.45) is 4.36 Å². The second kappa shape index (κ2) is 5.67. The Bertz CT molecular complexity index is 634. The maximum atomic E-state index is 13.3. The lowest BCUT2D eigenvalue weighted by Gasteiger charge is -2.29. The minimum atomic E-state index is -2.80. The number of carbonyl (C=O) groups is 1. The second-order valence-electron chi connectivity index (χ2n) is 6.26. The Morgan fingerprint density at radius 3 is 2.29 bits per heavy atom. The first-order valence-corrected chi connectivity index (χ1v) is 8.63. The van der Waals surface area contributed by atoms with Crippen LogP contribution in [0.1, 0.15) is 40.0 Å². The minimum absolute atomic E-state index is 0.0892. The number of hydrogen-bond donors (Lipinski definition) is 1. The summed E-state index contributed by atoms with van der Waals surface area (Å²) in [5.41, 5.74) is 5.60. The molecule has 0 spiro atoms. The molecule has 0 aliphatic heterocycles. The highest BCUT2D eigenvalue weighted by Gasteiger charge is 2.32. The van der Waals surface area contributed by atoms with Gasteiger partial charge in [-0.1, -0.05) is 6.42 Å². The fourth-order valence-corrected chi connectivity index (χ4v) is 4.46. The Balaban J connectivity index is 2.40. The molecule has 0 heterocycles. The van der Waals surface area contributed by atoms with Crippen molar-refractivity contribution < 1.29 is 13.7 Å². The molecule has 1 amide bonds. The smallest absolute Gasteiger partial charge is 0.442 e. The minimum Gasteiger partial charge on any atom is -0.442 e. The zero-order valence-corrected chi connectivity index (χ0v) is 13.5. The van der Waals surface area contributed by atoms with Gasteiger partial charge in [-0.15, -0.1) is 4.36 Å². The standard InChI is InChI=1S/C15H22N2O3S/c1-15(2,3)20-14(18)17-21(19,12-5-4-6-12)13-9-7-11(16)8-10-13/h7-10,12H,4-6,16H2,1-3H3. The summed E-state index contributed by atoms with van der Waals surface area (Å²) >= 11 is 0. The average molecular weight is 310 g/mol. The van der Waals surface area contributed by atoms with Gasteiger partial charge < -0.3 is 10.5 Å². The lowest BCUT2D eigenvalue weighted by molar-refractivity contribution is 0.0607. The molecule has 1 aliphatic rings. The van der Waals surface area contributed by atoms with E-state index in [1.54, 1.807) is 45.0 Å². The monoisotopic (exact) mass is 310 g/mol. The Kier molecular flexibility index (Phi) is 4.27. The number of anilines is 1. The summed E-state index contributed by atoms with van der Waals surface area (Å²) in [6.45, 7) is 5.28. The van der Waals surface area contributed by atoms with Gasteiger partial charge in [-0.25, -0.2) is 9.00 Å². The topological polar surface area (TPSA) is 81.8 Å². The van der Waals surface area contributed by atoms with Gasteiger partial charge in [-0.05, 0) is 57.9 Å². The molecule has 6 heteroatoms. The molecule has 2 rings (SSSR count). The number of benzene rings is 1. The summed E-state index contributed by atoms with van der Waals surface area (Å²) in [4.78, 5) is 12.5. The summed E-state index contributed by atoms with van der Waals surface area (Å²) in [5, 5.41) is -0.0892. The third-order valence-corrected chi connectivity index (χ3v) is 6.07. The molecule has 0 saturated heterocycles. The van der Waals surface area contributed by atoms with Crippen molar-refractivity contribution in [3.63, 3.8) is 0 Å². The van der Waals surface area contributed by atoms with Crippen LogP contribution in [-0.4, -0.2) is 21.2 Å². The van der Waals surface area contributed by atoms with Gasteiger partial charge in [0.2, 0.25) is 0 Å². The lowest BCUT2D eigenvalue weighted by Crippen LogP contribution is -2.30. The summed E-state index contributed by atoms with van der Waals surface area (Å²) in [6.07, 6.45) is 1.88. The number of nitrogens with two attached hydrogens (primary N) is 1. The van der Waals surface area contributed by atoms with E-state index in [4.69, 9.17) is 10.5 Å². The maximum absolute atomic E-state index is 13.3. The van der Waals surface area contributed by atoms with Crippen LogP contribution < -0.4 is 5.73 Å². The molecule has 5 nitrogen and oxygen atoms in total.